The highest BCUT2D eigenvalue weighted by Crippen LogP contribution is 2.21. The van der Waals surface area contributed by atoms with E-state index in [4.69, 9.17) is 9.73 Å². The van der Waals surface area contributed by atoms with Crippen molar-refractivity contribution in [3.05, 3.63) is 72.3 Å². The molecule has 0 saturated carbocycles. The lowest BCUT2D eigenvalue weighted by Crippen LogP contribution is -2.46. The Morgan fingerprint density at radius 2 is 1.85 bits per heavy atom. The van der Waals surface area contributed by atoms with Gasteiger partial charge in [0.15, 0.2) is 0 Å². The number of ether oxygens (including phenoxy) is 1. The van der Waals surface area contributed by atoms with Crippen molar-refractivity contribution in [2.45, 2.75) is 26.2 Å². The van der Waals surface area contributed by atoms with Crippen LogP contribution in [-0.4, -0.2) is 25.4 Å². The average Bonchev–Trinajstić information content (AvgIpc) is 2.64. The fraction of sp³-hybridized carbons (Fsp3) is 0.348. The van der Waals surface area contributed by atoms with Gasteiger partial charge >= 0.3 is 0 Å². The monoisotopic (exact) mass is 348 g/mol. The molecule has 1 heterocycles. The molecule has 3 nitrogen and oxygen atoms in total. The van der Waals surface area contributed by atoms with Crippen LogP contribution in [0.3, 0.4) is 0 Å². The van der Waals surface area contributed by atoms with E-state index >= 15 is 0 Å². The Labute approximate surface area is 156 Å². The lowest BCUT2D eigenvalue weighted by molar-refractivity contribution is 0.311. The molecule has 26 heavy (non-hydrogen) atoms. The summed E-state index contributed by atoms with van der Waals surface area (Å²) in [6, 6.07) is 18.6. The van der Waals surface area contributed by atoms with Crippen LogP contribution in [0.5, 0.6) is 5.75 Å². The van der Waals surface area contributed by atoms with Crippen LogP contribution in [0.15, 0.2) is 66.2 Å². The zero-order valence-corrected chi connectivity index (χ0v) is 15.6. The van der Waals surface area contributed by atoms with Gasteiger partial charge in [0.1, 0.15) is 5.75 Å². The van der Waals surface area contributed by atoms with Crippen molar-refractivity contribution in [1.82, 2.24) is 5.32 Å². The number of nitrogens with one attached hydrogen (secondary N) is 1. The molecule has 2 aromatic carbocycles. The summed E-state index contributed by atoms with van der Waals surface area (Å²) in [4.78, 5) is 4.77. The van der Waals surface area contributed by atoms with Gasteiger partial charge in [-0.15, -0.1) is 0 Å². The van der Waals surface area contributed by atoms with E-state index in [1.165, 1.54) is 11.3 Å². The van der Waals surface area contributed by atoms with Crippen molar-refractivity contribution in [3.63, 3.8) is 0 Å². The SMILES string of the molecule is C=C(/N=C(\CC)C1CNC1)c1ccc(OCCCc2ccccc2)cc1. The smallest absolute Gasteiger partial charge is 0.119 e. The highest BCUT2D eigenvalue weighted by Gasteiger charge is 2.21. The third-order valence-electron chi connectivity index (χ3n) is 4.80. The zero-order valence-electron chi connectivity index (χ0n) is 15.6. The summed E-state index contributed by atoms with van der Waals surface area (Å²) >= 11 is 0. The molecular weight excluding hydrogens is 320 g/mol. The van der Waals surface area contributed by atoms with Gasteiger partial charge in [0, 0.05) is 24.7 Å². The van der Waals surface area contributed by atoms with Gasteiger partial charge in [-0.3, -0.25) is 4.99 Å². The Kier molecular flexibility index (Phi) is 6.62. The van der Waals surface area contributed by atoms with Gasteiger partial charge in [-0.05, 0) is 54.7 Å². The largest absolute Gasteiger partial charge is 0.494 e. The summed E-state index contributed by atoms with van der Waals surface area (Å²) < 4.78 is 5.86. The number of aryl methyl sites for hydroxylation is 1. The minimum atomic E-state index is 0.573. The Balaban J connectivity index is 1.48. The number of rotatable bonds is 9. The standard InChI is InChI=1S/C23H28N2O/c1-3-23(21-16-24-17-21)25-18(2)20-11-13-22(14-12-20)26-15-7-10-19-8-5-4-6-9-19/h4-6,8-9,11-14,21,24H,2-3,7,10,15-17H2,1H3/b25-23+. The zero-order chi connectivity index (χ0) is 18.2. The molecule has 2 aromatic rings. The second-order valence-electron chi connectivity index (χ2n) is 6.72. The van der Waals surface area contributed by atoms with Gasteiger partial charge in [0.2, 0.25) is 0 Å². The molecule has 0 aliphatic carbocycles. The van der Waals surface area contributed by atoms with E-state index in [1.54, 1.807) is 0 Å². The first-order valence-electron chi connectivity index (χ1n) is 9.50. The molecular formula is C23H28N2O. The van der Waals surface area contributed by atoms with E-state index in [-0.39, 0.29) is 0 Å². The number of nitrogens with zero attached hydrogens (tertiary/aromatic N) is 1. The van der Waals surface area contributed by atoms with Crippen LogP contribution in [-0.2, 0) is 6.42 Å². The highest BCUT2D eigenvalue weighted by molar-refractivity contribution is 5.92. The molecule has 3 heteroatoms. The molecule has 0 bridgehead atoms. The van der Waals surface area contributed by atoms with Crippen molar-refractivity contribution in [3.8, 4) is 5.75 Å². The third kappa shape index (κ3) is 5.06. The first kappa shape index (κ1) is 18.4. The Morgan fingerprint density at radius 3 is 2.46 bits per heavy atom. The molecule has 136 valence electrons. The Hall–Kier alpha value is -2.39. The first-order valence-corrected chi connectivity index (χ1v) is 9.50. The summed E-state index contributed by atoms with van der Waals surface area (Å²) in [7, 11) is 0. The summed E-state index contributed by atoms with van der Waals surface area (Å²) in [6.45, 7) is 9.11. The fourth-order valence-electron chi connectivity index (χ4n) is 3.08. The Morgan fingerprint density at radius 1 is 1.12 bits per heavy atom. The van der Waals surface area contributed by atoms with Gasteiger partial charge in [-0.25, -0.2) is 0 Å². The number of aliphatic imine (C=N–C) groups is 1. The van der Waals surface area contributed by atoms with Crippen LogP contribution < -0.4 is 10.1 Å². The second-order valence-corrected chi connectivity index (χ2v) is 6.72. The van der Waals surface area contributed by atoms with Crippen LogP contribution in [0.1, 0.15) is 30.9 Å². The minimum Gasteiger partial charge on any atom is -0.494 e. The van der Waals surface area contributed by atoms with Crippen LogP contribution >= 0.6 is 0 Å². The second kappa shape index (κ2) is 9.35. The predicted molar refractivity (Wildman–Crippen MR) is 110 cm³/mol. The topological polar surface area (TPSA) is 33.6 Å². The maximum Gasteiger partial charge on any atom is 0.119 e. The summed E-state index contributed by atoms with van der Waals surface area (Å²) in [5.41, 5.74) is 4.49. The molecule has 0 spiro atoms. The number of hydrogen-bond donors (Lipinski definition) is 1. The highest BCUT2D eigenvalue weighted by atomic mass is 16.5. The van der Waals surface area contributed by atoms with E-state index in [2.05, 4.69) is 43.1 Å². The average molecular weight is 348 g/mol. The van der Waals surface area contributed by atoms with E-state index in [0.717, 1.165) is 56.0 Å². The molecule has 3 rings (SSSR count). The predicted octanol–water partition coefficient (Wildman–Crippen LogP) is 4.74. The van der Waals surface area contributed by atoms with Crippen LogP contribution in [0.4, 0.5) is 0 Å². The first-order chi connectivity index (χ1) is 12.8. The molecule has 0 radical (unpaired) electrons. The van der Waals surface area contributed by atoms with E-state index in [1.807, 2.05) is 30.3 Å². The quantitative estimate of drug-likeness (QED) is 0.524. The number of hydrogen-bond acceptors (Lipinski definition) is 3. The molecule has 1 aliphatic heterocycles. The molecule has 1 N–H and O–H groups in total. The lowest BCUT2D eigenvalue weighted by atomic mass is 9.95. The van der Waals surface area contributed by atoms with E-state index < -0.39 is 0 Å². The van der Waals surface area contributed by atoms with Gasteiger partial charge < -0.3 is 10.1 Å². The maximum absolute atomic E-state index is 5.86. The summed E-state index contributed by atoms with van der Waals surface area (Å²) in [6.07, 6.45) is 3.03. The van der Waals surface area contributed by atoms with Gasteiger partial charge in [-0.2, -0.15) is 0 Å². The molecule has 0 unspecified atom stereocenters. The van der Waals surface area contributed by atoms with Crippen LogP contribution in [0, 0.1) is 5.92 Å². The third-order valence-corrected chi connectivity index (χ3v) is 4.80. The molecule has 1 saturated heterocycles. The minimum absolute atomic E-state index is 0.573. The molecule has 0 atom stereocenters. The lowest BCUT2D eigenvalue weighted by Gasteiger charge is -2.28. The van der Waals surface area contributed by atoms with Crippen molar-refractivity contribution in [2.24, 2.45) is 10.9 Å². The van der Waals surface area contributed by atoms with Gasteiger partial charge in [-0.1, -0.05) is 43.8 Å². The normalized spacial score (nSPS) is 14.7. The molecule has 0 aromatic heterocycles. The summed E-state index contributed by atoms with van der Waals surface area (Å²) in [5.74, 6) is 1.47. The Bertz CT molecular complexity index is 731. The van der Waals surface area contributed by atoms with E-state index in [0.29, 0.717) is 5.92 Å². The van der Waals surface area contributed by atoms with Crippen molar-refractivity contribution >= 4 is 11.4 Å². The summed E-state index contributed by atoms with van der Waals surface area (Å²) in [5, 5.41) is 3.30. The van der Waals surface area contributed by atoms with Crippen LogP contribution in [0.25, 0.3) is 5.70 Å². The van der Waals surface area contributed by atoms with Gasteiger partial charge in [0.05, 0.1) is 12.3 Å². The van der Waals surface area contributed by atoms with Crippen LogP contribution in [0.2, 0.25) is 0 Å². The van der Waals surface area contributed by atoms with E-state index in [9.17, 15) is 0 Å². The van der Waals surface area contributed by atoms with Crippen molar-refractivity contribution < 1.29 is 4.74 Å². The maximum atomic E-state index is 5.86. The fourth-order valence-corrected chi connectivity index (χ4v) is 3.08. The van der Waals surface area contributed by atoms with Crippen molar-refractivity contribution in [2.75, 3.05) is 19.7 Å². The molecule has 1 aliphatic rings. The van der Waals surface area contributed by atoms with Gasteiger partial charge in [0.25, 0.3) is 0 Å². The molecule has 1 fully saturated rings. The van der Waals surface area contributed by atoms with Crippen molar-refractivity contribution in [1.29, 1.82) is 0 Å². The molecule has 0 amide bonds. The number of benzene rings is 2.